The minimum Gasteiger partial charge on any atom is -0.360 e. The lowest BCUT2D eigenvalue weighted by Gasteiger charge is -2.21. The topological polar surface area (TPSA) is 71.3 Å². The second-order valence-electron chi connectivity index (χ2n) is 6.01. The van der Waals surface area contributed by atoms with Gasteiger partial charge in [-0.05, 0) is 36.2 Å². The minimum atomic E-state index is -0.300. The van der Waals surface area contributed by atoms with E-state index in [4.69, 9.17) is 4.52 Å². The summed E-state index contributed by atoms with van der Waals surface area (Å²) in [6, 6.07) is 11.8. The normalized spacial score (nSPS) is 10.9. The molecular formula is C19H19FN4O2. The Bertz CT molecular complexity index is 867. The Morgan fingerprint density at radius 2 is 2.00 bits per heavy atom. The molecule has 2 heterocycles. The predicted molar refractivity (Wildman–Crippen MR) is 94.6 cm³/mol. The van der Waals surface area contributed by atoms with Crippen LogP contribution in [0.2, 0.25) is 0 Å². The standard InChI is InChI=1S/C19H19FN4O2/c1-14-8-18(23-26-14)22-19(25)13-24(12-16-5-3-7-21-10-16)11-15-4-2-6-17(20)9-15/h2-10H,11-13H2,1H3,(H,22,23,25). The molecule has 0 bridgehead atoms. The van der Waals surface area contributed by atoms with E-state index in [1.54, 1.807) is 31.5 Å². The van der Waals surface area contributed by atoms with E-state index in [9.17, 15) is 9.18 Å². The number of rotatable bonds is 7. The highest BCUT2D eigenvalue weighted by Gasteiger charge is 2.14. The molecule has 0 saturated carbocycles. The Labute approximate surface area is 150 Å². The summed E-state index contributed by atoms with van der Waals surface area (Å²) in [6.07, 6.45) is 3.44. The van der Waals surface area contributed by atoms with Crippen LogP contribution in [0.25, 0.3) is 0 Å². The average molecular weight is 354 g/mol. The third-order valence-corrected chi connectivity index (χ3v) is 3.69. The molecule has 7 heteroatoms. The van der Waals surface area contributed by atoms with Crippen LogP contribution in [-0.2, 0) is 17.9 Å². The molecule has 3 rings (SSSR count). The van der Waals surface area contributed by atoms with Gasteiger partial charge in [0.15, 0.2) is 5.82 Å². The van der Waals surface area contributed by atoms with Crippen LogP contribution >= 0.6 is 0 Å². The van der Waals surface area contributed by atoms with Gasteiger partial charge in [-0.25, -0.2) is 4.39 Å². The van der Waals surface area contributed by atoms with Crippen LogP contribution in [0.5, 0.6) is 0 Å². The fourth-order valence-corrected chi connectivity index (χ4v) is 2.62. The molecule has 0 spiro atoms. The van der Waals surface area contributed by atoms with Crippen molar-refractivity contribution >= 4 is 11.7 Å². The SMILES string of the molecule is Cc1cc(NC(=O)CN(Cc2cccnc2)Cc2cccc(F)c2)no1. The van der Waals surface area contributed by atoms with E-state index in [2.05, 4.69) is 15.5 Å². The monoisotopic (exact) mass is 354 g/mol. The lowest BCUT2D eigenvalue weighted by Crippen LogP contribution is -2.32. The maximum absolute atomic E-state index is 13.5. The number of carbonyl (C=O) groups excluding carboxylic acids is 1. The summed E-state index contributed by atoms with van der Waals surface area (Å²) in [5.41, 5.74) is 1.76. The number of carbonyl (C=O) groups is 1. The van der Waals surface area contributed by atoms with Gasteiger partial charge in [-0.15, -0.1) is 0 Å². The van der Waals surface area contributed by atoms with Crippen LogP contribution in [0.1, 0.15) is 16.9 Å². The van der Waals surface area contributed by atoms with Gasteiger partial charge in [-0.3, -0.25) is 14.7 Å². The number of aromatic nitrogens is 2. The third kappa shape index (κ3) is 5.22. The van der Waals surface area contributed by atoms with E-state index in [1.165, 1.54) is 12.1 Å². The first-order valence-corrected chi connectivity index (χ1v) is 8.17. The molecule has 0 unspecified atom stereocenters. The summed E-state index contributed by atoms with van der Waals surface area (Å²) >= 11 is 0. The van der Waals surface area contributed by atoms with Crippen molar-refractivity contribution in [3.8, 4) is 0 Å². The maximum atomic E-state index is 13.5. The Hall–Kier alpha value is -3.06. The van der Waals surface area contributed by atoms with Crippen LogP contribution in [-0.4, -0.2) is 27.5 Å². The van der Waals surface area contributed by atoms with Crippen LogP contribution in [0.4, 0.5) is 10.2 Å². The Balaban J connectivity index is 1.70. The van der Waals surface area contributed by atoms with Crippen molar-refractivity contribution in [1.29, 1.82) is 0 Å². The number of anilines is 1. The predicted octanol–water partition coefficient (Wildman–Crippen LogP) is 3.16. The summed E-state index contributed by atoms with van der Waals surface area (Å²) in [7, 11) is 0. The second kappa shape index (κ2) is 8.35. The molecule has 3 aromatic rings. The van der Waals surface area contributed by atoms with Crippen LogP contribution in [0.3, 0.4) is 0 Å². The van der Waals surface area contributed by atoms with Crippen molar-refractivity contribution in [3.05, 3.63) is 77.6 Å². The van der Waals surface area contributed by atoms with E-state index < -0.39 is 0 Å². The van der Waals surface area contributed by atoms with Gasteiger partial charge in [0.2, 0.25) is 5.91 Å². The van der Waals surface area contributed by atoms with Gasteiger partial charge in [0.05, 0.1) is 6.54 Å². The van der Waals surface area contributed by atoms with Gasteiger partial charge in [-0.1, -0.05) is 23.4 Å². The van der Waals surface area contributed by atoms with Crippen molar-refractivity contribution in [3.63, 3.8) is 0 Å². The molecule has 6 nitrogen and oxygen atoms in total. The second-order valence-corrected chi connectivity index (χ2v) is 6.01. The summed E-state index contributed by atoms with van der Waals surface area (Å²) in [5.74, 6) is 0.469. The molecule has 2 aromatic heterocycles. The zero-order valence-electron chi connectivity index (χ0n) is 14.4. The lowest BCUT2D eigenvalue weighted by molar-refractivity contribution is -0.117. The fraction of sp³-hybridized carbons (Fsp3) is 0.211. The van der Waals surface area contributed by atoms with Crippen LogP contribution in [0.15, 0.2) is 59.4 Å². The highest BCUT2D eigenvalue weighted by Crippen LogP contribution is 2.12. The molecule has 0 aliphatic rings. The molecule has 0 fully saturated rings. The first-order chi connectivity index (χ1) is 12.6. The van der Waals surface area contributed by atoms with Gasteiger partial charge in [-0.2, -0.15) is 0 Å². The summed E-state index contributed by atoms with van der Waals surface area (Å²) < 4.78 is 18.4. The van der Waals surface area contributed by atoms with Crippen molar-refractivity contribution in [2.24, 2.45) is 0 Å². The molecule has 0 aliphatic heterocycles. The van der Waals surface area contributed by atoms with Crippen molar-refractivity contribution < 1.29 is 13.7 Å². The van der Waals surface area contributed by atoms with E-state index >= 15 is 0 Å². The molecule has 26 heavy (non-hydrogen) atoms. The van der Waals surface area contributed by atoms with Gasteiger partial charge in [0.25, 0.3) is 0 Å². The van der Waals surface area contributed by atoms with Gasteiger partial charge in [0, 0.05) is 31.5 Å². The number of halogens is 1. The lowest BCUT2D eigenvalue weighted by atomic mass is 10.2. The number of amides is 1. The van der Waals surface area contributed by atoms with E-state index in [0.717, 1.165) is 11.1 Å². The number of aryl methyl sites for hydroxylation is 1. The van der Waals surface area contributed by atoms with Crippen molar-refractivity contribution in [2.45, 2.75) is 20.0 Å². The molecule has 0 atom stereocenters. The molecule has 0 saturated heterocycles. The van der Waals surface area contributed by atoms with Crippen LogP contribution < -0.4 is 5.32 Å². The molecule has 1 N–H and O–H groups in total. The van der Waals surface area contributed by atoms with E-state index in [-0.39, 0.29) is 18.3 Å². The summed E-state index contributed by atoms with van der Waals surface area (Å²) in [6.45, 7) is 2.81. The average Bonchev–Trinajstić information content (AvgIpc) is 3.00. The fourth-order valence-electron chi connectivity index (χ4n) is 2.62. The number of hydrogen-bond acceptors (Lipinski definition) is 5. The Morgan fingerprint density at radius 1 is 1.19 bits per heavy atom. The van der Waals surface area contributed by atoms with Crippen LogP contribution in [0, 0.1) is 12.7 Å². The minimum absolute atomic E-state index is 0.122. The van der Waals surface area contributed by atoms with E-state index in [1.807, 2.05) is 23.1 Å². The first-order valence-electron chi connectivity index (χ1n) is 8.17. The van der Waals surface area contributed by atoms with Gasteiger partial charge in [0.1, 0.15) is 11.6 Å². The van der Waals surface area contributed by atoms with Crippen molar-refractivity contribution in [2.75, 3.05) is 11.9 Å². The molecule has 134 valence electrons. The van der Waals surface area contributed by atoms with Gasteiger partial charge >= 0.3 is 0 Å². The zero-order valence-corrected chi connectivity index (χ0v) is 14.4. The number of benzene rings is 1. The summed E-state index contributed by atoms with van der Waals surface area (Å²) in [5, 5.41) is 6.46. The largest absolute Gasteiger partial charge is 0.360 e. The maximum Gasteiger partial charge on any atom is 0.239 e. The smallest absolute Gasteiger partial charge is 0.239 e. The molecule has 0 aliphatic carbocycles. The molecule has 0 radical (unpaired) electrons. The number of nitrogens with zero attached hydrogens (tertiary/aromatic N) is 3. The number of pyridine rings is 1. The molecular weight excluding hydrogens is 335 g/mol. The zero-order chi connectivity index (χ0) is 18.4. The Morgan fingerprint density at radius 3 is 2.69 bits per heavy atom. The summed E-state index contributed by atoms with van der Waals surface area (Å²) in [4.78, 5) is 18.4. The quantitative estimate of drug-likeness (QED) is 0.706. The van der Waals surface area contributed by atoms with Gasteiger partial charge < -0.3 is 9.84 Å². The van der Waals surface area contributed by atoms with Crippen molar-refractivity contribution in [1.82, 2.24) is 15.0 Å². The molecule has 1 aromatic carbocycles. The van der Waals surface area contributed by atoms with E-state index in [0.29, 0.717) is 24.7 Å². The highest BCUT2D eigenvalue weighted by atomic mass is 19.1. The molecule has 1 amide bonds. The third-order valence-electron chi connectivity index (χ3n) is 3.69. The number of nitrogens with one attached hydrogen (secondary N) is 1. The highest BCUT2D eigenvalue weighted by molar-refractivity contribution is 5.91. The number of hydrogen-bond donors (Lipinski definition) is 1. The Kier molecular flexibility index (Phi) is 5.70. The first kappa shape index (κ1) is 17.8.